The Kier molecular flexibility index (Phi) is 10.2. The number of nitrogens with one attached hydrogen (secondary N) is 2. The number of aryl methyl sites for hydroxylation is 4. The number of rotatable bonds is 9. The molecule has 202 valence electrons. The number of ether oxygens (including phenoxy) is 1. The van der Waals surface area contributed by atoms with Gasteiger partial charge in [0, 0.05) is 12.2 Å². The summed E-state index contributed by atoms with van der Waals surface area (Å²) in [7, 11) is 0. The number of para-hydroxylation sites is 1. The molecule has 0 saturated heterocycles. The molecule has 4 N–H and O–H groups in total. The van der Waals surface area contributed by atoms with Gasteiger partial charge in [-0.05, 0) is 70.7 Å². The van der Waals surface area contributed by atoms with Gasteiger partial charge in [0.15, 0.2) is 0 Å². The van der Waals surface area contributed by atoms with E-state index in [0.717, 1.165) is 22.3 Å². The van der Waals surface area contributed by atoms with Gasteiger partial charge in [-0.1, -0.05) is 42.0 Å². The normalized spacial score (nSPS) is 12.9. The predicted molar refractivity (Wildman–Crippen MR) is 142 cm³/mol. The second kappa shape index (κ2) is 12.7. The van der Waals surface area contributed by atoms with Crippen LogP contribution in [-0.2, 0) is 14.3 Å². The van der Waals surface area contributed by atoms with Crippen LogP contribution >= 0.6 is 0 Å². The van der Waals surface area contributed by atoms with Gasteiger partial charge in [0.25, 0.3) is 5.91 Å². The van der Waals surface area contributed by atoms with Crippen molar-refractivity contribution in [3.8, 4) is 0 Å². The molecule has 0 bridgehead atoms. The summed E-state index contributed by atoms with van der Waals surface area (Å²) in [5.41, 5.74) is 3.84. The topological polar surface area (TPSA) is 128 Å². The highest BCUT2D eigenvalue weighted by atomic mass is 16.6. The molecular formula is C28H39N3O6. The fourth-order valence-electron chi connectivity index (χ4n) is 4.10. The molecule has 9 heteroatoms. The van der Waals surface area contributed by atoms with E-state index in [1.807, 2.05) is 58.0 Å². The van der Waals surface area contributed by atoms with Crippen LogP contribution in [0.2, 0.25) is 0 Å². The molecule has 9 nitrogen and oxygen atoms in total. The van der Waals surface area contributed by atoms with Gasteiger partial charge in [-0.2, -0.15) is 0 Å². The van der Waals surface area contributed by atoms with Crippen molar-refractivity contribution in [3.63, 3.8) is 0 Å². The lowest BCUT2D eigenvalue weighted by molar-refractivity contribution is -0.142. The number of benzene rings is 2. The number of amides is 3. The molecule has 0 heterocycles. The van der Waals surface area contributed by atoms with Crippen LogP contribution in [0.1, 0.15) is 54.6 Å². The summed E-state index contributed by atoms with van der Waals surface area (Å²) < 4.78 is 5.23. The number of hydrogen-bond acceptors (Lipinski definition) is 6. The van der Waals surface area contributed by atoms with Gasteiger partial charge >= 0.3 is 6.09 Å². The van der Waals surface area contributed by atoms with Crippen LogP contribution in [0, 0.1) is 27.7 Å². The maximum Gasteiger partial charge on any atom is 0.408 e. The summed E-state index contributed by atoms with van der Waals surface area (Å²) in [6.45, 7) is 11.2. The minimum Gasteiger partial charge on any atom is -0.444 e. The first kappa shape index (κ1) is 29.8. The summed E-state index contributed by atoms with van der Waals surface area (Å²) in [6.07, 6.45) is -0.882. The summed E-state index contributed by atoms with van der Waals surface area (Å²) in [6, 6.07) is 8.61. The smallest absolute Gasteiger partial charge is 0.408 e. The zero-order valence-electron chi connectivity index (χ0n) is 22.7. The van der Waals surface area contributed by atoms with Crippen molar-refractivity contribution < 1.29 is 29.3 Å². The average molecular weight is 514 g/mol. The lowest BCUT2D eigenvalue weighted by Crippen LogP contribution is -2.54. The molecule has 2 aromatic carbocycles. The summed E-state index contributed by atoms with van der Waals surface area (Å²) in [4.78, 5) is 41.0. The van der Waals surface area contributed by atoms with Crippen molar-refractivity contribution in [1.29, 1.82) is 0 Å². The number of anilines is 1. The third kappa shape index (κ3) is 8.03. The number of nitrogens with zero attached hydrogens (tertiary/aromatic N) is 1. The minimum atomic E-state index is -1.39. The molecule has 2 aromatic rings. The lowest BCUT2D eigenvalue weighted by atomic mass is 9.96. The molecular weight excluding hydrogens is 474 g/mol. The number of hydrogen-bond donors (Lipinski definition) is 4. The van der Waals surface area contributed by atoms with Crippen LogP contribution in [0.5, 0.6) is 0 Å². The first-order valence-electron chi connectivity index (χ1n) is 12.2. The van der Waals surface area contributed by atoms with E-state index in [1.54, 1.807) is 26.8 Å². The maximum absolute atomic E-state index is 13.8. The molecule has 2 unspecified atom stereocenters. The average Bonchev–Trinajstić information content (AvgIpc) is 2.79. The van der Waals surface area contributed by atoms with Gasteiger partial charge in [0.05, 0.1) is 13.2 Å². The Morgan fingerprint density at radius 1 is 0.973 bits per heavy atom. The highest BCUT2D eigenvalue weighted by Gasteiger charge is 2.37. The molecule has 2 rings (SSSR count). The van der Waals surface area contributed by atoms with E-state index >= 15 is 0 Å². The largest absolute Gasteiger partial charge is 0.444 e. The standard InChI is InChI=1S/C28H39N3O6/c1-17-11-12-21(20(4)15-17)24(25(34)30-23-18(2)9-8-10-19(23)3)31(13-14-32)26(35)22(16-33)29-27(36)37-28(5,6)7/h8-12,15,22,24,32-33H,13-14,16H2,1-7H3,(H,29,36)(H,30,34). The van der Waals surface area contributed by atoms with E-state index in [2.05, 4.69) is 10.6 Å². The predicted octanol–water partition coefficient (Wildman–Crippen LogP) is 3.31. The van der Waals surface area contributed by atoms with E-state index in [-0.39, 0.29) is 6.54 Å². The van der Waals surface area contributed by atoms with Gasteiger partial charge in [-0.15, -0.1) is 0 Å². The minimum absolute atomic E-state index is 0.205. The molecule has 0 radical (unpaired) electrons. The summed E-state index contributed by atoms with van der Waals surface area (Å²) in [5, 5.41) is 25.1. The highest BCUT2D eigenvalue weighted by molar-refractivity contribution is 6.00. The van der Waals surface area contributed by atoms with Crippen molar-refractivity contribution in [3.05, 3.63) is 64.2 Å². The van der Waals surface area contributed by atoms with Crippen LogP contribution in [-0.4, -0.2) is 64.4 Å². The molecule has 0 fully saturated rings. The monoisotopic (exact) mass is 513 g/mol. The zero-order chi connectivity index (χ0) is 27.9. The maximum atomic E-state index is 13.8. The molecule has 0 spiro atoms. The number of carbonyl (C=O) groups excluding carboxylic acids is 3. The Morgan fingerprint density at radius 2 is 1.59 bits per heavy atom. The third-order valence-corrected chi connectivity index (χ3v) is 5.80. The van der Waals surface area contributed by atoms with Crippen LogP contribution in [0.4, 0.5) is 10.5 Å². The van der Waals surface area contributed by atoms with E-state index in [1.165, 1.54) is 4.90 Å². The quantitative estimate of drug-likeness (QED) is 0.407. The number of alkyl carbamates (subject to hydrolysis) is 1. The molecule has 3 amide bonds. The Hall–Kier alpha value is -3.43. The first-order chi connectivity index (χ1) is 17.3. The molecule has 0 aliphatic rings. The molecule has 37 heavy (non-hydrogen) atoms. The van der Waals surface area contributed by atoms with Crippen molar-refractivity contribution in [2.24, 2.45) is 0 Å². The Morgan fingerprint density at radius 3 is 2.11 bits per heavy atom. The molecule has 0 aliphatic carbocycles. The highest BCUT2D eigenvalue weighted by Crippen LogP contribution is 2.29. The third-order valence-electron chi connectivity index (χ3n) is 5.80. The number of aliphatic hydroxyl groups is 2. The van der Waals surface area contributed by atoms with Crippen LogP contribution in [0.25, 0.3) is 0 Å². The van der Waals surface area contributed by atoms with E-state index in [9.17, 15) is 24.6 Å². The van der Waals surface area contributed by atoms with Crippen LogP contribution in [0.15, 0.2) is 36.4 Å². The Bertz CT molecular complexity index is 1110. The lowest BCUT2D eigenvalue weighted by Gasteiger charge is -2.34. The van der Waals surface area contributed by atoms with E-state index in [4.69, 9.17) is 4.74 Å². The zero-order valence-corrected chi connectivity index (χ0v) is 22.7. The Labute approximate surface area is 218 Å². The van der Waals surface area contributed by atoms with Gasteiger partial charge in [0.2, 0.25) is 5.91 Å². The van der Waals surface area contributed by atoms with Gasteiger partial charge in [0.1, 0.15) is 17.7 Å². The van der Waals surface area contributed by atoms with Crippen molar-refractivity contribution in [2.45, 2.75) is 66.2 Å². The SMILES string of the molecule is Cc1ccc(C(C(=O)Nc2c(C)cccc2C)N(CCO)C(=O)C(CO)NC(=O)OC(C)(C)C)c(C)c1. The van der Waals surface area contributed by atoms with Crippen LogP contribution < -0.4 is 10.6 Å². The summed E-state index contributed by atoms with van der Waals surface area (Å²) >= 11 is 0. The molecule has 0 saturated carbocycles. The summed E-state index contributed by atoms with van der Waals surface area (Å²) in [5.74, 6) is -1.22. The Balaban J connectivity index is 2.53. The fourth-order valence-corrected chi connectivity index (χ4v) is 4.10. The number of aliphatic hydroxyl groups excluding tert-OH is 2. The van der Waals surface area contributed by atoms with Gasteiger partial charge < -0.3 is 30.5 Å². The van der Waals surface area contributed by atoms with Gasteiger partial charge in [-0.3, -0.25) is 9.59 Å². The van der Waals surface area contributed by atoms with E-state index < -0.39 is 48.8 Å². The van der Waals surface area contributed by atoms with Crippen molar-refractivity contribution >= 4 is 23.6 Å². The van der Waals surface area contributed by atoms with Crippen molar-refractivity contribution in [2.75, 3.05) is 25.1 Å². The molecule has 0 aromatic heterocycles. The number of carbonyl (C=O) groups is 3. The second-order valence-corrected chi connectivity index (χ2v) is 10.2. The fraction of sp³-hybridized carbons (Fsp3) is 0.464. The van der Waals surface area contributed by atoms with E-state index in [0.29, 0.717) is 11.3 Å². The van der Waals surface area contributed by atoms with Crippen molar-refractivity contribution in [1.82, 2.24) is 10.2 Å². The first-order valence-corrected chi connectivity index (χ1v) is 12.2. The molecule has 2 atom stereocenters. The van der Waals surface area contributed by atoms with Gasteiger partial charge in [-0.25, -0.2) is 4.79 Å². The molecule has 0 aliphatic heterocycles. The second-order valence-electron chi connectivity index (χ2n) is 10.2. The van der Waals surface area contributed by atoms with Crippen LogP contribution in [0.3, 0.4) is 0 Å².